The lowest BCUT2D eigenvalue weighted by atomic mass is 10.2. The van der Waals surface area contributed by atoms with Gasteiger partial charge in [0.05, 0.1) is 13.7 Å². The van der Waals surface area contributed by atoms with Crippen LogP contribution in [0.25, 0.3) is 0 Å². The number of anilines is 2. The van der Waals surface area contributed by atoms with Crippen molar-refractivity contribution in [2.24, 2.45) is 0 Å². The van der Waals surface area contributed by atoms with Crippen molar-refractivity contribution in [1.82, 2.24) is 0 Å². The number of rotatable bonds is 4. The SMILES string of the molecule is COc1cccc(NC(=O)Nc2cc(Cl)ccc2CO)c1. The smallest absolute Gasteiger partial charge is 0.323 e. The number of ether oxygens (including phenoxy) is 1. The first kappa shape index (κ1) is 15.2. The van der Waals surface area contributed by atoms with Gasteiger partial charge in [0.15, 0.2) is 0 Å². The fraction of sp³-hybridized carbons (Fsp3) is 0.133. The van der Waals surface area contributed by atoms with Crippen molar-refractivity contribution in [2.45, 2.75) is 6.61 Å². The van der Waals surface area contributed by atoms with E-state index < -0.39 is 6.03 Å². The van der Waals surface area contributed by atoms with Gasteiger partial charge in [0.2, 0.25) is 0 Å². The van der Waals surface area contributed by atoms with E-state index in [4.69, 9.17) is 16.3 Å². The molecule has 0 radical (unpaired) electrons. The molecule has 3 N–H and O–H groups in total. The summed E-state index contributed by atoms with van der Waals surface area (Å²) < 4.78 is 5.08. The molecule has 0 aromatic heterocycles. The lowest BCUT2D eigenvalue weighted by Gasteiger charge is -2.11. The van der Waals surface area contributed by atoms with E-state index in [2.05, 4.69) is 10.6 Å². The molecule has 2 aromatic carbocycles. The zero-order chi connectivity index (χ0) is 15.2. The molecular formula is C15H15ClN2O3. The maximum atomic E-state index is 12.0. The van der Waals surface area contributed by atoms with Crippen molar-refractivity contribution in [3.8, 4) is 5.75 Å². The summed E-state index contributed by atoms with van der Waals surface area (Å²) in [5.74, 6) is 0.645. The Labute approximate surface area is 127 Å². The summed E-state index contributed by atoms with van der Waals surface area (Å²) in [6.45, 7) is -0.189. The highest BCUT2D eigenvalue weighted by Gasteiger charge is 2.08. The monoisotopic (exact) mass is 306 g/mol. The number of hydrogen-bond donors (Lipinski definition) is 3. The maximum Gasteiger partial charge on any atom is 0.323 e. The third-order valence-electron chi connectivity index (χ3n) is 2.82. The van der Waals surface area contributed by atoms with Crippen molar-refractivity contribution < 1.29 is 14.6 Å². The summed E-state index contributed by atoms with van der Waals surface area (Å²) in [5.41, 5.74) is 1.64. The van der Waals surface area contributed by atoms with Crippen LogP contribution in [0, 0.1) is 0 Å². The highest BCUT2D eigenvalue weighted by Crippen LogP contribution is 2.22. The van der Waals surface area contributed by atoms with Gasteiger partial charge in [-0.3, -0.25) is 0 Å². The summed E-state index contributed by atoms with van der Waals surface area (Å²) in [5, 5.41) is 15.1. The standard InChI is InChI=1S/C15H15ClN2O3/c1-21-13-4-2-3-12(8-13)17-15(20)18-14-7-11(16)6-5-10(14)9-19/h2-8,19H,9H2,1H3,(H2,17,18,20). The second kappa shape index (κ2) is 6.97. The number of halogens is 1. The van der Waals surface area contributed by atoms with Crippen LogP contribution in [-0.4, -0.2) is 18.2 Å². The van der Waals surface area contributed by atoms with E-state index in [1.165, 1.54) is 0 Å². The second-order valence-electron chi connectivity index (χ2n) is 4.27. The van der Waals surface area contributed by atoms with Crippen LogP contribution < -0.4 is 15.4 Å². The summed E-state index contributed by atoms with van der Waals surface area (Å²) in [7, 11) is 1.55. The molecule has 0 bridgehead atoms. The normalized spacial score (nSPS) is 10.0. The van der Waals surface area contributed by atoms with Crippen LogP contribution in [0.4, 0.5) is 16.2 Å². The van der Waals surface area contributed by atoms with Gasteiger partial charge in [-0.15, -0.1) is 0 Å². The van der Waals surface area contributed by atoms with E-state index in [0.717, 1.165) is 0 Å². The number of methoxy groups -OCH3 is 1. The topological polar surface area (TPSA) is 70.6 Å². The third-order valence-corrected chi connectivity index (χ3v) is 3.05. The van der Waals surface area contributed by atoms with Crippen LogP contribution in [-0.2, 0) is 6.61 Å². The van der Waals surface area contributed by atoms with Gasteiger partial charge in [0, 0.05) is 28.0 Å². The first-order valence-electron chi connectivity index (χ1n) is 6.23. The number of urea groups is 1. The number of carbonyl (C=O) groups is 1. The molecule has 0 spiro atoms. The average molecular weight is 307 g/mol. The first-order valence-corrected chi connectivity index (χ1v) is 6.61. The Morgan fingerprint density at radius 1 is 1.24 bits per heavy atom. The lowest BCUT2D eigenvalue weighted by Crippen LogP contribution is -2.20. The minimum Gasteiger partial charge on any atom is -0.497 e. The zero-order valence-corrected chi connectivity index (χ0v) is 12.1. The summed E-state index contributed by atoms with van der Waals surface area (Å²) >= 11 is 5.89. The molecule has 2 rings (SSSR count). The summed E-state index contributed by atoms with van der Waals surface area (Å²) in [6.07, 6.45) is 0. The van der Waals surface area contributed by atoms with E-state index >= 15 is 0 Å². The molecule has 2 amide bonds. The number of aliphatic hydroxyl groups excluding tert-OH is 1. The summed E-state index contributed by atoms with van der Waals surface area (Å²) in [6, 6.07) is 11.5. The fourth-order valence-corrected chi connectivity index (χ4v) is 1.96. The van der Waals surface area contributed by atoms with Gasteiger partial charge in [0.25, 0.3) is 0 Å². The molecule has 0 saturated heterocycles. The molecule has 5 nitrogen and oxygen atoms in total. The largest absolute Gasteiger partial charge is 0.497 e. The minimum atomic E-state index is -0.430. The highest BCUT2D eigenvalue weighted by atomic mass is 35.5. The Balaban J connectivity index is 2.09. The number of amides is 2. The van der Waals surface area contributed by atoms with Crippen LogP contribution in [0.5, 0.6) is 5.75 Å². The first-order chi connectivity index (χ1) is 10.1. The van der Waals surface area contributed by atoms with Gasteiger partial charge < -0.3 is 20.5 Å². The molecule has 0 atom stereocenters. The number of hydrogen-bond acceptors (Lipinski definition) is 3. The van der Waals surface area contributed by atoms with E-state index in [0.29, 0.717) is 27.7 Å². The molecule has 21 heavy (non-hydrogen) atoms. The van der Waals surface area contributed by atoms with E-state index in [1.54, 1.807) is 49.6 Å². The molecular weight excluding hydrogens is 292 g/mol. The van der Waals surface area contributed by atoms with Crippen molar-refractivity contribution in [3.05, 3.63) is 53.1 Å². The van der Waals surface area contributed by atoms with Crippen molar-refractivity contribution in [2.75, 3.05) is 17.7 Å². The predicted molar refractivity (Wildman–Crippen MR) is 83.0 cm³/mol. The lowest BCUT2D eigenvalue weighted by molar-refractivity contribution is 0.262. The molecule has 0 unspecified atom stereocenters. The van der Waals surface area contributed by atoms with Crippen molar-refractivity contribution >= 4 is 29.0 Å². The van der Waals surface area contributed by atoms with E-state index in [1.807, 2.05) is 0 Å². The van der Waals surface area contributed by atoms with Gasteiger partial charge in [-0.25, -0.2) is 4.79 Å². The number of nitrogens with one attached hydrogen (secondary N) is 2. The van der Waals surface area contributed by atoms with Crippen LogP contribution >= 0.6 is 11.6 Å². The molecule has 0 aliphatic rings. The third kappa shape index (κ3) is 4.11. The minimum absolute atomic E-state index is 0.189. The average Bonchev–Trinajstić information content (AvgIpc) is 2.47. The Morgan fingerprint density at radius 3 is 2.76 bits per heavy atom. The Morgan fingerprint density at radius 2 is 2.05 bits per heavy atom. The Hall–Kier alpha value is -2.24. The zero-order valence-electron chi connectivity index (χ0n) is 11.4. The van der Waals surface area contributed by atoms with Crippen molar-refractivity contribution in [3.63, 3.8) is 0 Å². The Bertz CT molecular complexity index is 647. The molecule has 0 aliphatic carbocycles. The highest BCUT2D eigenvalue weighted by molar-refractivity contribution is 6.31. The van der Waals surface area contributed by atoms with Crippen LogP contribution in [0.2, 0.25) is 5.02 Å². The Kier molecular flexibility index (Phi) is 5.03. The molecule has 0 fully saturated rings. The molecule has 0 saturated carbocycles. The van der Waals surface area contributed by atoms with E-state index in [-0.39, 0.29) is 6.61 Å². The number of aliphatic hydroxyl groups is 1. The van der Waals surface area contributed by atoms with Gasteiger partial charge in [0.1, 0.15) is 5.75 Å². The maximum absolute atomic E-state index is 12.0. The molecule has 6 heteroatoms. The molecule has 0 aliphatic heterocycles. The van der Waals surface area contributed by atoms with Crippen LogP contribution in [0.1, 0.15) is 5.56 Å². The van der Waals surface area contributed by atoms with Gasteiger partial charge >= 0.3 is 6.03 Å². The van der Waals surface area contributed by atoms with Crippen LogP contribution in [0.15, 0.2) is 42.5 Å². The van der Waals surface area contributed by atoms with E-state index in [9.17, 15) is 9.90 Å². The van der Waals surface area contributed by atoms with Gasteiger partial charge in [-0.2, -0.15) is 0 Å². The summed E-state index contributed by atoms with van der Waals surface area (Å²) in [4.78, 5) is 12.0. The number of benzene rings is 2. The van der Waals surface area contributed by atoms with Crippen LogP contribution in [0.3, 0.4) is 0 Å². The van der Waals surface area contributed by atoms with Gasteiger partial charge in [-0.05, 0) is 24.3 Å². The van der Waals surface area contributed by atoms with Crippen molar-refractivity contribution in [1.29, 1.82) is 0 Å². The molecule has 110 valence electrons. The molecule has 0 heterocycles. The second-order valence-corrected chi connectivity index (χ2v) is 4.71. The molecule has 2 aromatic rings. The van der Waals surface area contributed by atoms with Gasteiger partial charge in [-0.1, -0.05) is 23.7 Å². The number of carbonyl (C=O) groups excluding carboxylic acids is 1. The fourth-order valence-electron chi connectivity index (χ4n) is 1.79. The predicted octanol–water partition coefficient (Wildman–Crippen LogP) is 3.48. The quantitative estimate of drug-likeness (QED) is 0.810.